The number of aromatic nitrogens is 4. The molecule has 14 heteroatoms. The van der Waals surface area contributed by atoms with Gasteiger partial charge in [0.25, 0.3) is 0 Å². The first-order valence-electron chi connectivity index (χ1n) is 9.69. The van der Waals surface area contributed by atoms with Crippen LogP contribution in [0.3, 0.4) is 0 Å². The third-order valence-electron chi connectivity index (χ3n) is 4.86. The number of halogens is 2. The van der Waals surface area contributed by atoms with Crippen molar-refractivity contribution in [1.82, 2.24) is 19.6 Å². The first kappa shape index (κ1) is 24.0. The molecule has 3 atom stereocenters. The fourth-order valence-corrected chi connectivity index (χ4v) is 5.29. The number of anilines is 1. The van der Waals surface area contributed by atoms with Crippen molar-refractivity contribution in [1.29, 1.82) is 0 Å². The van der Waals surface area contributed by atoms with Crippen molar-refractivity contribution < 1.29 is 23.9 Å². The number of hydrogen-bond donors (Lipinski definition) is 4. The van der Waals surface area contributed by atoms with Crippen molar-refractivity contribution in [2.24, 2.45) is 0 Å². The largest absolute Gasteiger partial charge is 0.366 e. The second-order valence-corrected chi connectivity index (χ2v) is 10.7. The average Bonchev–Trinajstić information content (AvgIpc) is 3.37. The Bertz CT molecular complexity index is 1080. The van der Waals surface area contributed by atoms with E-state index in [1.54, 1.807) is 10.7 Å². The van der Waals surface area contributed by atoms with Crippen LogP contribution >= 0.6 is 40.0 Å². The molecule has 1 saturated heterocycles. The average molecular weight is 520 g/mol. The molecular formula is C18H21Cl2N5O5P2. The number of ether oxygens (including phenoxy) is 1. The predicted molar refractivity (Wildman–Crippen MR) is 123 cm³/mol. The number of hydrogen-bond acceptors (Lipinski definition) is 9. The van der Waals surface area contributed by atoms with E-state index in [2.05, 4.69) is 20.4 Å². The highest BCUT2D eigenvalue weighted by Gasteiger charge is 2.30. The molecule has 0 aliphatic carbocycles. The van der Waals surface area contributed by atoms with Crippen LogP contribution < -0.4 is 5.32 Å². The lowest BCUT2D eigenvalue weighted by atomic mass is 10.1. The van der Waals surface area contributed by atoms with Crippen LogP contribution in [0.5, 0.6) is 0 Å². The number of fused-ring (bicyclic) bond motifs is 1. The monoisotopic (exact) mass is 519 g/mol. The Hall–Kier alpha value is -1.19. The minimum Gasteiger partial charge on any atom is -0.366 e. The standard InChI is InChI=1S/C18H21Cl2N5O5P2/c19-13-4-2-1-3-11(13)7-21-16-17-22-8-14(25(17)24-18(20)23-16)15-6-5-12(30-15)9-29-32(28)10-31(26)27/h1-4,8,12,15,26-28H,5-7,9-10H2,(H,21,23,24). The summed E-state index contributed by atoms with van der Waals surface area (Å²) in [6.45, 7) is 0.608. The van der Waals surface area contributed by atoms with Gasteiger partial charge in [-0.15, -0.1) is 5.10 Å². The third kappa shape index (κ3) is 5.83. The number of benzene rings is 1. The molecule has 4 N–H and O–H groups in total. The van der Waals surface area contributed by atoms with Gasteiger partial charge in [-0.2, -0.15) is 4.98 Å². The van der Waals surface area contributed by atoms with Gasteiger partial charge in [-0.1, -0.05) is 29.8 Å². The number of nitrogens with one attached hydrogen (secondary N) is 1. The molecule has 3 unspecified atom stereocenters. The van der Waals surface area contributed by atoms with Crippen molar-refractivity contribution in [2.45, 2.75) is 31.6 Å². The fraction of sp³-hybridized carbons (Fsp3) is 0.389. The topological polar surface area (TPSA) is 134 Å². The summed E-state index contributed by atoms with van der Waals surface area (Å²) >= 11 is 12.4. The fourth-order valence-electron chi connectivity index (χ4n) is 3.40. The Morgan fingerprint density at radius 3 is 2.81 bits per heavy atom. The zero-order chi connectivity index (χ0) is 22.7. The lowest BCUT2D eigenvalue weighted by Crippen LogP contribution is -2.14. The normalized spacial score (nSPS) is 19.7. The maximum absolute atomic E-state index is 9.70. The summed E-state index contributed by atoms with van der Waals surface area (Å²) in [5, 5.41) is 8.21. The van der Waals surface area contributed by atoms with E-state index in [-0.39, 0.29) is 30.0 Å². The smallest absolute Gasteiger partial charge is 0.243 e. The molecule has 0 saturated carbocycles. The van der Waals surface area contributed by atoms with Gasteiger partial charge in [0.1, 0.15) is 6.10 Å². The molecule has 0 amide bonds. The van der Waals surface area contributed by atoms with Gasteiger partial charge in [0.05, 0.1) is 30.5 Å². The number of rotatable bonds is 9. The summed E-state index contributed by atoms with van der Waals surface area (Å²) in [6, 6.07) is 7.51. The molecule has 3 aromatic rings. The second-order valence-electron chi connectivity index (χ2n) is 7.08. The molecule has 1 aliphatic heterocycles. The van der Waals surface area contributed by atoms with Gasteiger partial charge in [-0.25, -0.2) is 9.50 Å². The maximum atomic E-state index is 9.70. The summed E-state index contributed by atoms with van der Waals surface area (Å²) in [6.07, 6.45) is 2.59. The van der Waals surface area contributed by atoms with Gasteiger partial charge >= 0.3 is 0 Å². The molecule has 2 aromatic heterocycles. The van der Waals surface area contributed by atoms with Crippen molar-refractivity contribution in [3.63, 3.8) is 0 Å². The summed E-state index contributed by atoms with van der Waals surface area (Å²) in [5.74, 6) is 0.317. The number of imidazole rings is 1. The lowest BCUT2D eigenvalue weighted by molar-refractivity contribution is 0.0151. The molecule has 172 valence electrons. The van der Waals surface area contributed by atoms with Gasteiger partial charge in [0, 0.05) is 11.6 Å². The van der Waals surface area contributed by atoms with Gasteiger partial charge in [-0.3, -0.25) is 0 Å². The summed E-state index contributed by atoms with van der Waals surface area (Å²) in [4.78, 5) is 36.4. The Labute approximate surface area is 196 Å². The highest BCUT2D eigenvalue weighted by molar-refractivity contribution is 7.63. The van der Waals surface area contributed by atoms with Crippen LogP contribution in [0.1, 0.15) is 30.2 Å². The van der Waals surface area contributed by atoms with Gasteiger partial charge in [-0.05, 0) is 36.1 Å². The van der Waals surface area contributed by atoms with Crippen LogP contribution in [0.25, 0.3) is 5.65 Å². The minimum absolute atomic E-state index is 0.0618. The molecule has 10 nitrogen and oxygen atoms in total. The summed E-state index contributed by atoms with van der Waals surface area (Å²) < 4.78 is 13.0. The molecule has 1 fully saturated rings. The predicted octanol–water partition coefficient (Wildman–Crippen LogP) is 3.84. The van der Waals surface area contributed by atoms with E-state index in [1.807, 2.05) is 24.3 Å². The van der Waals surface area contributed by atoms with E-state index in [0.717, 1.165) is 11.3 Å². The Morgan fingerprint density at radius 1 is 1.22 bits per heavy atom. The number of nitrogens with zero attached hydrogens (tertiary/aromatic N) is 4. The Kier molecular flexibility index (Phi) is 8.10. The highest BCUT2D eigenvalue weighted by atomic mass is 35.5. The zero-order valence-corrected chi connectivity index (χ0v) is 20.0. The molecule has 3 heterocycles. The van der Waals surface area contributed by atoms with Crippen LogP contribution in [0, 0.1) is 0 Å². The van der Waals surface area contributed by atoms with E-state index < -0.39 is 16.8 Å². The van der Waals surface area contributed by atoms with Crippen LogP contribution in [-0.2, 0) is 15.8 Å². The van der Waals surface area contributed by atoms with Crippen molar-refractivity contribution >= 4 is 51.4 Å². The molecular weight excluding hydrogens is 499 g/mol. The quantitative estimate of drug-likeness (QED) is 0.311. The van der Waals surface area contributed by atoms with E-state index >= 15 is 0 Å². The molecule has 0 bridgehead atoms. The molecule has 1 aromatic carbocycles. The van der Waals surface area contributed by atoms with E-state index in [1.165, 1.54) is 0 Å². The van der Waals surface area contributed by atoms with E-state index in [9.17, 15) is 4.89 Å². The Balaban J connectivity index is 1.45. The van der Waals surface area contributed by atoms with Gasteiger partial charge < -0.3 is 29.3 Å². The highest BCUT2D eigenvalue weighted by Crippen LogP contribution is 2.44. The molecule has 0 spiro atoms. The second kappa shape index (κ2) is 10.8. The molecule has 0 radical (unpaired) electrons. The van der Waals surface area contributed by atoms with Crippen LogP contribution in [0.2, 0.25) is 10.3 Å². The van der Waals surface area contributed by atoms with Crippen molar-refractivity contribution in [3.8, 4) is 0 Å². The maximum Gasteiger partial charge on any atom is 0.243 e. The Morgan fingerprint density at radius 2 is 2.03 bits per heavy atom. The van der Waals surface area contributed by atoms with Gasteiger partial charge in [0.2, 0.25) is 5.28 Å². The molecule has 4 rings (SSSR count). The molecule has 32 heavy (non-hydrogen) atoms. The van der Waals surface area contributed by atoms with Crippen LogP contribution in [-0.4, -0.2) is 52.9 Å². The van der Waals surface area contributed by atoms with Crippen LogP contribution in [0.15, 0.2) is 30.5 Å². The summed E-state index contributed by atoms with van der Waals surface area (Å²) in [7, 11) is -4.07. The minimum atomic E-state index is -2.19. The zero-order valence-electron chi connectivity index (χ0n) is 16.7. The van der Waals surface area contributed by atoms with Crippen molar-refractivity contribution in [2.75, 3.05) is 17.8 Å². The van der Waals surface area contributed by atoms with E-state index in [4.69, 9.17) is 42.2 Å². The first-order chi connectivity index (χ1) is 15.4. The van der Waals surface area contributed by atoms with Crippen LogP contribution in [0.4, 0.5) is 5.82 Å². The first-order valence-corrected chi connectivity index (χ1v) is 13.3. The van der Waals surface area contributed by atoms with E-state index in [0.29, 0.717) is 35.9 Å². The SMILES string of the molecule is OP(O)CP(O)OCC1CCC(c2cnc3c(NCc4ccccc4Cl)nc(Cl)nn23)O1. The lowest BCUT2D eigenvalue weighted by Gasteiger charge is -2.16. The third-order valence-corrected chi connectivity index (χ3v) is 7.82. The van der Waals surface area contributed by atoms with Crippen molar-refractivity contribution in [3.05, 3.63) is 52.0 Å². The summed E-state index contributed by atoms with van der Waals surface area (Å²) in [5.41, 5.74) is 2.15. The van der Waals surface area contributed by atoms with Gasteiger partial charge in [0.15, 0.2) is 28.2 Å². The molecule has 1 aliphatic rings.